The molecule has 0 spiro atoms. The maximum absolute atomic E-state index is 13.1. The minimum atomic E-state index is -6.05. The van der Waals surface area contributed by atoms with Crippen LogP contribution in [0.4, 0.5) is 32.0 Å². The number of rotatable bonds is 10. The molecule has 228 valence electrons. The number of alkyl halides is 6. The zero-order chi connectivity index (χ0) is 31.6. The maximum Gasteiger partial charge on any atom is 0.534 e. The van der Waals surface area contributed by atoms with Crippen molar-refractivity contribution in [3.63, 3.8) is 0 Å². The second kappa shape index (κ2) is 15.2. The molecule has 0 aliphatic heterocycles. The molecule has 2 aromatic rings. The summed E-state index contributed by atoms with van der Waals surface area (Å²) in [6.07, 6.45) is -4.63. The molecule has 0 fully saturated rings. The highest BCUT2D eigenvalue weighted by atomic mass is 35.5. The quantitative estimate of drug-likeness (QED) is 0.0461. The molecule has 0 aromatic heterocycles. The highest BCUT2D eigenvalue weighted by molar-refractivity contribution is 7.87. The zero-order valence-electron chi connectivity index (χ0n) is 21.0. The number of ether oxygens (including phenoxy) is 2. The van der Waals surface area contributed by atoms with Gasteiger partial charge in [0.05, 0.1) is 25.0 Å². The predicted octanol–water partition coefficient (Wildman–Crippen LogP) is 6.11. The van der Waals surface area contributed by atoms with Crippen molar-refractivity contribution in [1.82, 2.24) is 0 Å². The van der Waals surface area contributed by atoms with E-state index in [-0.39, 0.29) is 28.3 Å². The molecule has 2 aromatic carbocycles. The third-order valence-corrected chi connectivity index (χ3v) is 5.97. The van der Waals surface area contributed by atoms with E-state index in [1.165, 1.54) is 25.1 Å². The van der Waals surface area contributed by atoms with Crippen molar-refractivity contribution in [2.45, 2.75) is 25.0 Å². The Balaban J connectivity index is 0.00000411. The normalized spacial score (nSPS) is 12.1. The molecule has 9 nitrogen and oxygen atoms in total. The van der Waals surface area contributed by atoms with Crippen molar-refractivity contribution in [2.75, 3.05) is 25.2 Å². The number of esters is 1. The summed E-state index contributed by atoms with van der Waals surface area (Å²) in [5.74, 6) is -4.17. The van der Waals surface area contributed by atoms with E-state index in [2.05, 4.69) is 21.8 Å². The summed E-state index contributed by atoms with van der Waals surface area (Å²) in [5.41, 5.74) is -6.47. The Morgan fingerprint density at radius 2 is 1.68 bits per heavy atom. The lowest BCUT2D eigenvalue weighted by atomic mass is 10.1. The van der Waals surface area contributed by atoms with Crippen molar-refractivity contribution in [2.24, 2.45) is 0 Å². The Hall–Kier alpha value is -3.15. The molecule has 18 heteroatoms. The molecule has 1 amide bonds. The van der Waals surface area contributed by atoms with Crippen LogP contribution in [0.5, 0.6) is 5.75 Å². The number of nitrogens with zero attached hydrogens (tertiary/aromatic N) is 1. The summed E-state index contributed by atoms with van der Waals surface area (Å²) in [4.78, 5) is 24.2. The first-order valence-corrected chi connectivity index (χ1v) is 13.1. The summed E-state index contributed by atoms with van der Waals surface area (Å²) in [7, 11) is -5.02. The second-order valence-corrected chi connectivity index (χ2v) is 9.39. The average Bonchev–Trinajstić information content (AvgIpc) is 2.90. The Morgan fingerprint density at radius 1 is 1.05 bits per heavy atom. The lowest BCUT2D eigenvalue weighted by molar-refractivity contribution is -0.170. The number of hydrogen-bond acceptors (Lipinski definition) is 9. The van der Waals surface area contributed by atoms with Gasteiger partial charge in [-0.25, -0.2) is 4.79 Å². The summed E-state index contributed by atoms with van der Waals surface area (Å²) in [6.45, 7) is 0.347. The molecule has 0 saturated heterocycles. The van der Waals surface area contributed by atoms with Gasteiger partial charge >= 0.3 is 33.7 Å². The number of methoxy groups -OCH3 is 1. The van der Waals surface area contributed by atoms with Crippen LogP contribution in [0, 0.1) is 0 Å². The van der Waals surface area contributed by atoms with Gasteiger partial charge in [-0.2, -0.15) is 34.8 Å². The molecular weight excluding hydrogens is 632 g/mol. The number of halogens is 7. The third kappa shape index (κ3) is 10.0. The van der Waals surface area contributed by atoms with Gasteiger partial charge in [-0.15, -0.1) is 0 Å². The number of hydrogen-bond donors (Lipinski definition) is 2. The molecule has 0 saturated carbocycles. The van der Waals surface area contributed by atoms with Gasteiger partial charge in [-0.05, 0) is 56.2 Å². The molecule has 0 heterocycles. The molecule has 0 unspecified atom stereocenters. The van der Waals surface area contributed by atoms with Gasteiger partial charge in [0, 0.05) is 23.6 Å². The predicted molar refractivity (Wildman–Crippen MR) is 139 cm³/mol. The number of thiol groups is 1. The maximum atomic E-state index is 13.1. The van der Waals surface area contributed by atoms with Crippen LogP contribution in [0.3, 0.4) is 0 Å². The van der Waals surface area contributed by atoms with Gasteiger partial charge in [0.25, 0.3) is 0 Å². The summed E-state index contributed by atoms with van der Waals surface area (Å²) in [6, 6.07) is 8.29. The largest absolute Gasteiger partial charge is 0.534 e. The van der Waals surface area contributed by atoms with E-state index < -0.39 is 58.3 Å². The van der Waals surface area contributed by atoms with Crippen molar-refractivity contribution in [3.05, 3.63) is 64.7 Å². The highest BCUT2D eigenvalue weighted by Gasteiger charge is 2.49. The lowest BCUT2D eigenvalue weighted by Crippen LogP contribution is -2.41. The molecule has 2 rings (SSSR count). The Kier molecular flexibility index (Phi) is 13.3. The van der Waals surface area contributed by atoms with E-state index in [0.717, 1.165) is 37.5 Å². The van der Waals surface area contributed by atoms with Crippen LogP contribution >= 0.6 is 24.5 Å². The molecule has 0 aliphatic rings. The summed E-state index contributed by atoms with van der Waals surface area (Å²) in [5, 5.41) is 0.0620. The first-order chi connectivity index (χ1) is 19.0. The topological polar surface area (TPSA) is 119 Å². The molecule has 0 bridgehead atoms. The van der Waals surface area contributed by atoms with E-state index in [1.807, 2.05) is 0 Å². The van der Waals surface area contributed by atoms with Crippen LogP contribution in [0.25, 0.3) is 5.76 Å². The summed E-state index contributed by atoms with van der Waals surface area (Å²) >= 11 is 8.36. The van der Waals surface area contributed by atoms with Gasteiger partial charge in [-0.3, -0.25) is 4.79 Å². The smallest absolute Gasteiger partial charge is 0.491 e. The standard InChI is InChI=1S/C23H20ClF6NO7S.H2OS/c1-3-31(21(33)22(25,26)27)17-13-15(20(32)36-2)9-10-19(17)37-11-5-8-18(14-6-4-7-16(24)12-14)38-39(34,35)23(28,29)30;1-2/h4,6-10,12-13H,3,5,11H2,1-2H3;1-2H/b18-8+;. The van der Waals surface area contributed by atoms with E-state index >= 15 is 0 Å². The van der Waals surface area contributed by atoms with Crippen molar-refractivity contribution >= 4 is 58.0 Å². The van der Waals surface area contributed by atoms with E-state index in [4.69, 9.17) is 20.9 Å². The van der Waals surface area contributed by atoms with Crippen LogP contribution in [-0.4, -0.2) is 56.8 Å². The van der Waals surface area contributed by atoms with Gasteiger partial charge < -0.3 is 23.1 Å². The number of carbonyl (C=O) groups is 2. The van der Waals surface area contributed by atoms with Crippen molar-refractivity contribution in [3.8, 4) is 5.75 Å². The third-order valence-electron chi connectivity index (χ3n) is 4.77. The molecular formula is C23H22ClF6NO8S2. The van der Waals surface area contributed by atoms with E-state index in [0.29, 0.717) is 4.90 Å². The Labute approximate surface area is 241 Å². The van der Waals surface area contributed by atoms with Crippen LogP contribution in [-0.2, 0) is 23.8 Å². The minimum absolute atomic E-state index is 0.0620. The van der Waals surface area contributed by atoms with Crippen LogP contribution in [0.15, 0.2) is 48.5 Å². The molecule has 0 radical (unpaired) electrons. The Bertz CT molecular complexity index is 1350. The first-order valence-electron chi connectivity index (χ1n) is 10.9. The second-order valence-electron chi connectivity index (χ2n) is 7.42. The van der Waals surface area contributed by atoms with E-state index in [9.17, 15) is 44.3 Å². The fraction of sp³-hybridized carbons (Fsp3) is 0.304. The van der Waals surface area contributed by atoms with Gasteiger partial charge in [0.15, 0.2) is 0 Å². The molecule has 0 aliphatic carbocycles. The molecule has 41 heavy (non-hydrogen) atoms. The monoisotopic (exact) mass is 653 g/mol. The van der Waals surface area contributed by atoms with Crippen molar-refractivity contribution < 1.29 is 62.6 Å². The average molecular weight is 654 g/mol. The van der Waals surface area contributed by atoms with Crippen LogP contribution in [0.2, 0.25) is 5.02 Å². The number of anilines is 1. The molecule has 1 N–H and O–H groups in total. The van der Waals surface area contributed by atoms with Gasteiger partial charge in [-0.1, -0.05) is 23.7 Å². The lowest BCUT2D eigenvalue weighted by Gasteiger charge is -2.25. The number of amides is 1. The minimum Gasteiger partial charge on any atom is -0.491 e. The SMILES string of the molecule is CCN(C(=O)C(F)(F)F)c1cc(C(=O)OC)ccc1OCC/C=C(/OS(=O)(=O)C(F)(F)F)c1cccc(Cl)c1.OS. The van der Waals surface area contributed by atoms with Gasteiger partial charge in [0.2, 0.25) is 0 Å². The van der Waals surface area contributed by atoms with Crippen molar-refractivity contribution in [1.29, 1.82) is 0 Å². The van der Waals surface area contributed by atoms with E-state index in [1.54, 1.807) is 0 Å². The zero-order valence-corrected chi connectivity index (χ0v) is 23.5. The number of carbonyl (C=O) groups excluding carboxylic acids is 2. The van der Waals surface area contributed by atoms with Crippen LogP contribution in [0.1, 0.15) is 29.3 Å². The Morgan fingerprint density at radius 3 is 2.20 bits per heavy atom. The number of benzene rings is 2. The van der Waals surface area contributed by atoms with Crippen LogP contribution < -0.4 is 9.64 Å². The first kappa shape index (κ1) is 35.9. The van der Waals surface area contributed by atoms with Gasteiger partial charge in [0.1, 0.15) is 11.5 Å². The fourth-order valence-corrected chi connectivity index (χ4v) is 3.72. The highest BCUT2D eigenvalue weighted by Crippen LogP contribution is 2.34. The molecule has 0 atom stereocenters. The summed E-state index contributed by atoms with van der Waals surface area (Å²) < 4.78 is 122. The fourth-order valence-electron chi connectivity index (χ4n) is 3.04.